The van der Waals surface area contributed by atoms with Gasteiger partial charge in [-0.1, -0.05) is 56.5 Å². The van der Waals surface area contributed by atoms with Crippen LogP contribution >= 0.6 is 0 Å². The average molecular weight is 611 g/mol. The predicted octanol–water partition coefficient (Wildman–Crippen LogP) is 8.27. The van der Waals surface area contributed by atoms with Gasteiger partial charge in [-0.25, -0.2) is 4.39 Å². The van der Waals surface area contributed by atoms with Crippen molar-refractivity contribution in [2.45, 2.75) is 90.1 Å². The van der Waals surface area contributed by atoms with Gasteiger partial charge in [0.25, 0.3) is 5.91 Å². The molecule has 2 N–H and O–H groups in total. The molecule has 0 spiro atoms. The van der Waals surface area contributed by atoms with E-state index in [4.69, 9.17) is 0 Å². The molecule has 1 saturated carbocycles. The standard InChI is InChI=1S/C38H47FN4O2/c1-3-27-16-21-31(25-34(27)42-22-7-8-23-42)41-37(44)32-14-10-24-43(38(45)35-26(2)11-9-15-33(35)39)36(32)28-17-19-30(20-18-28)40-29-12-5-4-6-13-29/h9,11,15-21,25,29,32,36,40H,3-8,10,12-14,22-24H2,1-2H3,(H,41,44). The number of carbonyl (C=O) groups is 2. The molecular formula is C38H47FN4O2. The molecule has 2 amide bonds. The number of piperidine rings is 1. The first-order valence-electron chi connectivity index (χ1n) is 17.0. The van der Waals surface area contributed by atoms with Crippen LogP contribution in [0.2, 0.25) is 0 Å². The SMILES string of the molecule is CCc1ccc(NC(=O)C2CCCN(C(=O)c3c(C)cccc3F)C2c2ccc(NC3CCCCC3)cc2)cc1N1CCCC1. The highest BCUT2D eigenvalue weighted by Gasteiger charge is 2.40. The Morgan fingerprint density at radius 1 is 0.844 bits per heavy atom. The highest BCUT2D eigenvalue weighted by molar-refractivity contribution is 5.98. The van der Waals surface area contributed by atoms with Crippen molar-refractivity contribution in [3.63, 3.8) is 0 Å². The highest BCUT2D eigenvalue weighted by Crippen LogP contribution is 2.39. The van der Waals surface area contributed by atoms with E-state index in [1.54, 1.807) is 24.0 Å². The van der Waals surface area contributed by atoms with E-state index in [2.05, 4.69) is 46.7 Å². The second-order valence-corrected chi connectivity index (χ2v) is 13.1. The molecular weight excluding hydrogens is 563 g/mol. The molecule has 2 heterocycles. The lowest BCUT2D eigenvalue weighted by Crippen LogP contribution is -2.46. The number of likely N-dealkylation sites (tertiary alicyclic amines) is 1. The minimum atomic E-state index is -0.525. The summed E-state index contributed by atoms with van der Waals surface area (Å²) in [6.07, 6.45) is 10.8. The summed E-state index contributed by atoms with van der Waals surface area (Å²) in [5.41, 5.74) is 5.89. The van der Waals surface area contributed by atoms with Gasteiger partial charge in [0, 0.05) is 42.7 Å². The molecule has 2 unspecified atom stereocenters. The molecule has 2 aliphatic heterocycles. The highest BCUT2D eigenvalue weighted by atomic mass is 19.1. The number of hydrogen-bond donors (Lipinski definition) is 2. The van der Waals surface area contributed by atoms with E-state index in [0.717, 1.165) is 36.4 Å². The molecule has 3 aromatic carbocycles. The van der Waals surface area contributed by atoms with Gasteiger partial charge < -0.3 is 20.4 Å². The first-order chi connectivity index (χ1) is 21.9. The zero-order valence-electron chi connectivity index (χ0n) is 26.8. The fraction of sp³-hybridized carbons (Fsp3) is 0.474. The zero-order chi connectivity index (χ0) is 31.3. The van der Waals surface area contributed by atoms with Gasteiger partial charge in [-0.05, 0) is 98.9 Å². The number of nitrogens with zero attached hydrogens (tertiary/aromatic N) is 2. The van der Waals surface area contributed by atoms with Gasteiger partial charge in [0.15, 0.2) is 0 Å². The smallest absolute Gasteiger partial charge is 0.257 e. The summed E-state index contributed by atoms with van der Waals surface area (Å²) < 4.78 is 15.1. The number of amides is 2. The van der Waals surface area contributed by atoms with E-state index in [1.165, 1.54) is 62.3 Å². The maximum Gasteiger partial charge on any atom is 0.257 e. The monoisotopic (exact) mass is 610 g/mol. The van der Waals surface area contributed by atoms with Gasteiger partial charge in [0.05, 0.1) is 17.5 Å². The summed E-state index contributed by atoms with van der Waals surface area (Å²) in [5, 5.41) is 6.90. The predicted molar refractivity (Wildman–Crippen MR) is 180 cm³/mol. The van der Waals surface area contributed by atoms with Crippen molar-refractivity contribution in [2.75, 3.05) is 35.2 Å². The van der Waals surface area contributed by atoms with Crippen molar-refractivity contribution < 1.29 is 14.0 Å². The molecule has 45 heavy (non-hydrogen) atoms. The van der Waals surface area contributed by atoms with Gasteiger partial charge in [-0.2, -0.15) is 0 Å². The van der Waals surface area contributed by atoms with Gasteiger partial charge >= 0.3 is 0 Å². The van der Waals surface area contributed by atoms with E-state index in [9.17, 15) is 9.59 Å². The lowest BCUT2D eigenvalue weighted by atomic mass is 9.83. The normalized spacial score (nSPS) is 20.7. The van der Waals surface area contributed by atoms with Crippen molar-refractivity contribution in [1.29, 1.82) is 0 Å². The summed E-state index contributed by atoms with van der Waals surface area (Å²) in [6, 6.07) is 19.1. The Bertz CT molecular complexity index is 1470. The van der Waals surface area contributed by atoms with Crippen LogP contribution in [0.25, 0.3) is 0 Å². The zero-order valence-corrected chi connectivity index (χ0v) is 26.8. The lowest BCUT2D eigenvalue weighted by molar-refractivity contribution is -0.123. The number of carbonyl (C=O) groups excluding carboxylic acids is 2. The summed E-state index contributed by atoms with van der Waals surface area (Å²) in [5.74, 6) is -1.47. The number of nitrogens with one attached hydrogen (secondary N) is 2. The second kappa shape index (κ2) is 14.1. The summed E-state index contributed by atoms with van der Waals surface area (Å²) >= 11 is 0. The molecule has 2 atom stereocenters. The Kier molecular flexibility index (Phi) is 9.72. The summed E-state index contributed by atoms with van der Waals surface area (Å²) in [6.45, 7) is 6.47. The van der Waals surface area contributed by atoms with E-state index >= 15 is 4.39 Å². The Balaban J connectivity index is 1.30. The molecule has 6 rings (SSSR count). The largest absolute Gasteiger partial charge is 0.382 e. The van der Waals surface area contributed by atoms with Crippen molar-refractivity contribution in [2.24, 2.45) is 5.92 Å². The molecule has 3 fully saturated rings. The third kappa shape index (κ3) is 6.87. The van der Waals surface area contributed by atoms with Crippen LogP contribution in [0.5, 0.6) is 0 Å². The molecule has 0 aromatic heterocycles. The molecule has 1 aliphatic carbocycles. The Hall–Kier alpha value is -3.87. The van der Waals surface area contributed by atoms with Crippen molar-refractivity contribution in [3.8, 4) is 0 Å². The maximum absolute atomic E-state index is 15.1. The van der Waals surface area contributed by atoms with Gasteiger partial charge in [-0.15, -0.1) is 0 Å². The average Bonchev–Trinajstić information content (AvgIpc) is 3.60. The summed E-state index contributed by atoms with van der Waals surface area (Å²) in [7, 11) is 0. The van der Waals surface area contributed by atoms with Gasteiger partial charge in [-0.3, -0.25) is 9.59 Å². The Labute approximate surface area is 267 Å². The van der Waals surface area contributed by atoms with Crippen LogP contribution in [-0.4, -0.2) is 42.4 Å². The molecule has 0 bridgehead atoms. The van der Waals surface area contributed by atoms with Crippen LogP contribution in [-0.2, 0) is 11.2 Å². The number of anilines is 3. The minimum absolute atomic E-state index is 0.0875. The van der Waals surface area contributed by atoms with E-state index in [-0.39, 0.29) is 17.4 Å². The molecule has 238 valence electrons. The molecule has 3 aliphatic rings. The van der Waals surface area contributed by atoms with Gasteiger partial charge in [0.1, 0.15) is 5.82 Å². The van der Waals surface area contributed by atoms with Crippen LogP contribution in [0.4, 0.5) is 21.5 Å². The number of aryl methyl sites for hydroxylation is 2. The molecule has 3 aromatic rings. The van der Waals surface area contributed by atoms with E-state index in [1.807, 2.05) is 18.2 Å². The summed E-state index contributed by atoms with van der Waals surface area (Å²) in [4.78, 5) is 32.4. The van der Waals surface area contributed by atoms with E-state index in [0.29, 0.717) is 31.0 Å². The quantitative estimate of drug-likeness (QED) is 0.270. The van der Waals surface area contributed by atoms with Crippen molar-refractivity contribution in [3.05, 3.63) is 88.7 Å². The second-order valence-electron chi connectivity index (χ2n) is 13.1. The number of benzene rings is 3. The molecule has 6 nitrogen and oxygen atoms in total. The van der Waals surface area contributed by atoms with E-state index < -0.39 is 17.8 Å². The number of rotatable bonds is 8. The topological polar surface area (TPSA) is 64.7 Å². The maximum atomic E-state index is 15.1. The first kappa shape index (κ1) is 31.1. The molecule has 7 heteroatoms. The minimum Gasteiger partial charge on any atom is -0.382 e. The van der Waals surface area contributed by atoms with Gasteiger partial charge in [0.2, 0.25) is 5.91 Å². The molecule has 2 saturated heterocycles. The third-order valence-electron chi connectivity index (χ3n) is 10.1. The number of halogens is 1. The van der Waals surface area contributed by atoms with Crippen LogP contribution in [0, 0.1) is 18.7 Å². The molecule has 0 radical (unpaired) electrons. The van der Waals surface area contributed by atoms with Crippen LogP contribution in [0.3, 0.4) is 0 Å². The Morgan fingerprint density at radius 2 is 1.58 bits per heavy atom. The first-order valence-corrected chi connectivity index (χ1v) is 17.0. The third-order valence-corrected chi connectivity index (χ3v) is 10.1. The fourth-order valence-corrected chi connectivity index (χ4v) is 7.64. The Morgan fingerprint density at radius 3 is 2.29 bits per heavy atom. The van der Waals surface area contributed by atoms with Crippen LogP contribution in [0.1, 0.15) is 97.8 Å². The lowest BCUT2D eigenvalue weighted by Gasteiger charge is -2.41. The fourth-order valence-electron chi connectivity index (χ4n) is 7.64. The van der Waals surface area contributed by atoms with Crippen molar-refractivity contribution >= 4 is 28.9 Å². The number of hydrogen-bond acceptors (Lipinski definition) is 4. The van der Waals surface area contributed by atoms with Crippen molar-refractivity contribution in [1.82, 2.24) is 4.90 Å². The van der Waals surface area contributed by atoms with Crippen LogP contribution in [0.15, 0.2) is 60.7 Å². The van der Waals surface area contributed by atoms with Crippen LogP contribution < -0.4 is 15.5 Å².